The zero-order valence-electron chi connectivity index (χ0n) is 21.2. The van der Waals surface area contributed by atoms with Crippen LogP contribution in [-0.4, -0.2) is 34.3 Å². The van der Waals surface area contributed by atoms with E-state index >= 15 is 0 Å². The van der Waals surface area contributed by atoms with Gasteiger partial charge in [0.1, 0.15) is 17.6 Å². The second-order valence-electron chi connectivity index (χ2n) is 8.84. The smallest absolute Gasteiger partial charge is 0.247 e. The lowest BCUT2D eigenvalue weighted by atomic mass is 10.0. The summed E-state index contributed by atoms with van der Waals surface area (Å²) in [4.78, 5) is 17.9. The van der Waals surface area contributed by atoms with Gasteiger partial charge in [0.05, 0.1) is 24.9 Å². The summed E-state index contributed by atoms with van der Waals surface area (Å²) in [6, 6.07) is 12.8. The van der Waals surface area contributed by atoms with E-state index in [1.807, 2.05) is 68.7 Å². The molecule has 1 atom stereocenters. The van der Waals surface area contributed by atoms with Gasteiger partial charge >= 0.3 is 0 Å². The van der Waals surface area contributed by atoms with Crippen molar-refractivity contribution in [2.75, 3.05) is 19.0 Å². The molecule has 2 heterocycles. The zero-order valence-corrected chi connectivity index (χ0v) is 21.2. The summed E-state index contributed by atoms with van der Waals surface area (Å²) in [6.45, 7) is 2.60. The van der Waals surface area contributed by atoms with Crippen molar-refractivity contribution >= 4 is 11.7 Å². The molecule has 2 aromatic heterocycles. The van der Waals surface area contributed by atoms with Crippen LogP contribution in [-0.2, 0) is 11.8 Å². The number of aromatic nitrogens is 3. The molecule has 2 N–H and O–H groups in total. The number of amides is 1. The number of nitrogens with one attached hydrogen (secondary N) is 2. The Hall–Kier alpha value is -4.48. The maximum Gasteiger partial charge on any atom is 0.247 e. The van der Waals surface area contributed by atoms with Gasteiger partial charge in [0.2, 0.25) is 5.91 Å². The van der Waals surface area contributed by atoms with E-state index in [4.69, 9.17) is 4.74 Å². The molecule has 0 fully saturated rings. The molecule has 0 spiro atoms. The van der Waals surface area contributed by atoms with Gasteiger partial charge in [-0.2, -0.15) is 10.4 Å². The van der Waals surface area contributed by atoms with Crippen LogP contribution in [0.1, 0.15) is 31.4 Å². The Morgan fingerprint density at radius 3 is 2.81 bits per heavy atom. The minimum Gasteiger partial charge on any atom is -0.497 e. The Balaban J connectivity index is 1.49. The Bertz CT molecular complexity index is 1390. The number of allylic oxidation sites excluding steroid dienone is 5. The number of ether oxygens (including phenoxy) is 1. The third-order valence-electron chi connectivity index (χ3n) is 6.24. The number of pyridine rings is 1. The number of rotatable bonds is 9. The number of hydrogen-bond acceptors (Lipinski definition) is 6. The Morgan fingerprint density at radius 2 is 2.11 bits per heavy atom. The molecule has 0 aliphatic heterocycles. The van der Waals surface area contributed by atoms with Gasteiger partial charge in [-0.1, -0.05) is 29.4 Å². The normalized spacial score (nSPS) is 13.9. The van der Waals surface area contributed by atoms with Crippen molar-refractivity contribution in [2.45, 2.75) is 25.8 Å². The lowest BCUT2D eigenvalue weighted by Gasteiger charge is -2.20. The molecule has 1 aliphatic carbocycles. The van der Waals surface area contributed by atoms with Gasteiger partial charge in [-0.25, -0.2) is 4.98 Å². The number of anilines is 1. The zero-order chi connectivity index (χ0) is 26.2. The van der Waals surface area contributed by atoms with E-state index in [1.165, 1.54) is 5.57 Å². The van der Waals surface area contributed by atoms with Crippen LogP contribution in [0.15, 0.2) is 89.9 Å². The lowest BCUT2D eigenvalue weighted by Crippen LogP contribution is -2.34. The van der Waals surface area contributed by atoms with Crippen molar-refractivity contribution in [1.29, 1.82) is 5.26 Å². The number of aryl methyl sites for hydroxylation is 1. The molecule has 0 saturated heterocycles. The van der Waals surface area contributed by atoms with E-state index in [2.05, 4.69) is 26.8 Å². The van der Waals surface area contributed by atoms with Gasteiger partial charge in [0.25, 0.3) is 0 Å². The number of nitriles is 1. The Kier molecular flexibility index (Phi) is 8.29. The average Bonchev–Trinajstić information content (AvgIpc) is 3.26. The van der Waals surface area contributed by atoms with Crippen LogP contribution in [0.2, 0.25) is 0 Å². The first-order valence-electron chi connectivity index (χ1n) is 12.1. The number of nitrogens with zero attached hydrogens (tertiary/aromatic N) is 4. The molecule has 1 aliphatic rings. The van der Waals surface area contributed by atoms with Gasteiger partial charge < -0.3 is 15.4 Å². The molecule has 188 valence electrons. The molecule has 0 radical (unpaired) electrons. The van der Waals surface area contributed by atoms with E-state index in [0.717, 1.165) is 35.1 Å². The first-order chi connectivity index (χ1) is 18.0. The van der Waals surface area contributed by atoms with Crippen molar-refractivity contribution in [3.05, 3.63) is 95.5 Å². The summed E-state index contributed by atoms with van der Waals surface area (Å²) in [7, 11) is 3.47. The van der Waals surface area contributed by atoms with E-state index in [9.17, 15) is 10.1 Å². The maximum atomic E-state index is 13.4. The molecule has 37 heavy (non-hydrogen) atoms. The molecule has 8 heteroatoms. The van der Waals surface area contributed by atoms with Crippen LogP contribution in [0, 0.1) is 11.3 Å². The maximum absolute atomic E-state index is 13.4. The van der Waals surface area contributed by atoms with E-state index in [0.29, 0.717) is 23.7 Å². The highest BCUT2D eigenvalue weighted by molar-refractivity contribution is 5.95. The summed E-state index contributed by atoms with van der Waals surface area (Å²) in [5.41, 5.74) is 5.63. The van der Waals surface area contributed by atoms with Crippen molar-refractivity contribution < 1.29 is 9.53 Å². The van der Waals surface area contributed by atoms with Gasteiger partial charge in [-0.15, -0.1) is 0 Å². The third-order valence-corrected chi connectivity index (χ3v) is 6.24. The highest BCUT2D eigenvalue weighted by Gasteiger charge is 2.21. The SMILES string of the molecule is COc1cccc(C(NCCC2=C(C)C=C(C#N)C=CC2)C(=O)Nc2ccc(-c3cnn(C)c3)cn2)c1. The molecular weight excluding hydrogens is 464 g/mol. The highest BCUT2D eigenvalue weighted by atomic mass is 16.5. The topological polar surface area (TPSA) is 105 Å². The quantitative estimate of drug-likeness (QED) is 0.439. The molecular formula is C29H30N6O2. The number of methoxy groups -OCH3 is 1. The minimum atomic E-state index is -0.609. The van der Waals surface area contributed by atoms with Crippen LogP contribution in [0.4, 0.5) is 5.82 Å². The second-order valence-corrected chi connectivity index (χ2v) is 8.84. The van der Waals surface area contributed by atoms with Crippen molar-refractivity contribution in [1.82, 2.24) is 20.1 Å². The van der Waals surface area contributed by atoms with Crippen LogP contribution in [0.5, 0.6) is 5.75 Å². The summed E-state index contributed by atoms with van der Waals surface area (Å²) in [6.07, 6.45) is 12.7. The first-order valence-corrected chi connectivity index (χ1v) is 12.1. The summed E-state index contributed by atoms with van der Waals surface area (Å²) in [5, 5.41) is 19.8. The molecule has 0 saturated carbocycles. The number of benzene rings is 1. The molecule has 3 aromatic rings. The fourth-order valence-electron chi connectivity index (χ4n) is 4.20. The number of carbonyl (C=O) groups excluding carboxylic acids is 1. The molecule has 8 nitrogen and oxygen atoms in total. The monoisotopic (exact) mass is 494 g/mol. The van der Waals surface area contributed by atoms with Crippen molar-refractivity contribution in [2.24, 2.45) is 7.05 Å². The second kappa shape index (κ2) is 12.0. The lowest BCUT2D eigenvalue weighted by molar-refractivity contribution is -0.118. The minimum absolute atomic E-state index is 0.215. The van der Waals surface area contributed by atoms with Gasteiger partial charge in [-0.05, 0) is 68.3 Å². The van der Waals surface area contributed by atoms with Crippen LogP contribution in [0.25, 0.3) is 11.1 Å². The highest BCUT2D eigenvalue weighted by Crippen LogP contribution is 2.24. The Morgan fingerprint density at radius 1 is 1.24 bits per heavy atom. The summed E-state index contributed by atoms with van der Waals surface area (Å²) < 4.78 is 7.11. The summed E-state index contributed by atoms with van der Waals surface area (Å²) in [5.74, 6) is 0.930. The number of hydrogen-bond donors (Lipinski definition) is 2. The fraction of sp³-hybridized carbons (Fsp3) is 0.241. The van der Waals surface area contributed by atoms with Gasteiger partial charge in [0.15, 0.2) is 0 Å². The van der Waals surface area contributed by atoms with Crippen LogP contribution < -0.4 is 15.4 Å². The average molecular weight is 495 g/mol. The predicted molar refractivity (Wildman–Crippen MR) is 144 cm³/mol. The molecule has 0 bridgehead atoms. The van der Waals surface area contributed by atoms with Gasteiger partial charge in [-0.3, -0.25) is 9.48 Å². The van der Waals surface area contributed by atoms with Crippen LogP contribution in [0.3, 0.4) is 0 Å². The third kappa shape index (κ3) is 6.60. The van der Waals surface area contributed by atoms with E-state index in [-0.39, 0.29) is 5.91 Å². The number of carbonyl (C=O) groups is 1. The van der Waals surface area contributed by atoms with E-state index < -0.39 is 6.04 Å². The fourth-order valence-corrected chi connectivity index (χ4v) is 4.20. The van der Waals surface area contributed by atoms with Crippen molar-refractivity contribution in [3.8, 4) is 22.9 Å². The largest absolute Gasteiger partial charge is 0.497 e. The molecule has 1 aromatic carbocycles. The van der Waals surface area contributed by atoms with Crippen LogP contribution >= 0.6 is 0 Å². The van der Waals surface area contributed by atoms with Crippen molar-refractivity contribution in [3.63, 3.8) is 0 Å². The predicted octanol–water partition coefficient (Wildman–Crippen LogP) is 4.88. The standard InChI is InChI=1S/C29H30N6O2/c1-20-14-21(16-30)6-4-7-22(20)12-13-31-28(23-8-5-9-26(15-23)37-3)29(36)34-27-11-10-24(17-32-27)25-18-33-35(2)19-25/h4-6,8-11,14-15,17-19,28,31H,7,12-13H2,1-3H3,(H,32,34,36). The first kappa shape index (κ1) is 25.6. The molecule has 4 rings (SSSR count). The molecule has 1 amide bonds. The van der Waals surface area contributed by atoms with Gasteiger partial charge in [0, 0.05) is 30.6 Å². The summed E-state index contributed by atoms with van der Waals surface area (Å²) >= 11 is 0. The Labute approximate surface area is 217 Å². The molecule has 1 unspecified atom stereocenters. The van der Waals surface area contributed by atoms with E-state index in [1.54, 1.807) is 30.3 Å².